The van der Waals surface area contributed by atoms with Gasteiger partial charge in [-0.25, -0.2) is 0 Å². The molecule has 0 spiro atoms. The van der Waals surface area contributed by atoms with E-state index in [2.05, 4.69) is 20.8 Å². The van der Waals surface area contributed by atoms with E-state index in [4.69, 9.17) is 5.73 Å². The highest BCUT2D eigenvalue weighted by atomic mass is 14.6. The highest BCUT2D eigenvalue weighted by molar-refractivity contribution is 4.80. The van der Waals surface area contributed by atoms with Crippen molar-refractivity contribution in [3.05, 3.63) is 0 Å². The zero-order chi connectivity index (χ0) is 9.90. The molecule has 0 heterocycles. The molecule has 0 aromatic carbocycles. The predicted octanol–water partition coefficient (Wildman–Crippen LogP) is 3.33. The summed E-state index contributed by atoms with van der Waals surface area (Å²) in [5.41, 5.74) is 6.54. The second-order valence-electron chi connectivity index (χ2n) is 5.70. The Morgan fingerprint density at radius 2 is 1.62 bits per heavy atom. The fraction of sp³-hybridized carbons (Fsp3) is 1.00. The van der Waals surface area contributed by atoms with Gasteiger partial charge in [0.1, 0.15) is 0 Å². The third-order valence-corrected chi connectivity index (χ3v) is 3.44. The molecule has 13 heavy (non-hydrogen) atoms. The Morgan fingerprint density at radius 1 is 1.00 bits per heavy atom. The average Bonchev–Trinajstić information content (AvgIpc) is 1.94. The van der Waals surface area contributed by atoms with Crippen molar-refractivity contribution >= 4 is 0 Å². The number of hydrogen-bond acceptors (Lipinski definition) is 1. The van der Waals surface area contributed by atoms with E-state index in [0.29, 0.717) is 11.5 Å². The smallest absolute Gasteiger partial charge is 0.00416 e. The Morgan fingerprint density at radius 3 is 2.23 bits per heavy atom. The lowest BCUT2D eigenvalue weighted by molar-refractivity contribution is 0.183. The maximum atomic E-state index is 6.09. The number of rotatable bonds is 0. The standard InChI is InChI=1S/C12H25N/c1-12(2,3)10-7-5-4-6-8-11(13)9-10/h10-11H,4-9,13H2,1-3H3. The van der Waals surface area contributed by atoms with Crippen LogP contribution in [0.1, 0.15) is 59.3 Å². The van der Waals surface area contributed by atoms with Crippen molar-refractivity contribution in [2.45, 2.75) is 65.3 Å². The molecule has 1 nitrogen and oxygen atoms in total. The van der Waals surface area contributed by atoms with Gasteiger partial charge < -0.3 is 5.73 Å². The molecule has 78 valence electrons. The molecule has 1 saturated carbocycles. The molecule has 0 bridgehead atoms. The summed E-state index contributed by atoms with van der Waals surface area (Å²) in [6.45, 7) is 7.06. The summed E-state index contributed by atoms with van der Waals surface area (Å²) in [7, 11) is 0. The summed E-state index contributed by atoms with van der Waals surface area (Å²) in [4.78, 5) is 0. The van der Waals surface area contributed by atoms with E-state index in [9.17, 15) is 0 Å². The molecule has 1 aliphatic carbocycles. The SMILES string of the molecule is CC(C)(C)C1CCCCCC(N)C1. The van der Waals surface area contributed by atoms with E-state index in [1.165, 1.54) is 38.5 Å². The highest BCUT2D eigenvalue weighted by Gasteiger charge is 2.26. The van der Waals surface area contributed by atoms with Gasteiger partial charge in [-0.1, -0.05) is 40.0 Å². The van der Waals surface area contributed by atoms with Crippen LogP contribution in [0.3, 0.4) is 0 Å². The largest absolute Gasteiger partial charge is 0.328 e. The molecule has 0 aromatic heterocycles. The topological polar surface area (TPSA) is 26.0 Å². The van der Waals surface area contributed by atoms with Gasteiger partial charge in [0.25, 0.3) is 0 Å². The van der Waals surface area contributed by atoms with Crippen molar-refractivity contribution in [2.75, 3.05) is 0 Å². The molecule has 1 heteroatoms. The van der Waals surface area contributed by atoms with Gasteiger partial charge in [-0.2, -0.15) is 0 Å². The lowest BCUT2D eigenvalue weighted by Gasteiger charge is -2.34. The zero-order valence-corrected chi connectivity index (χ0v) is 9.47. The summed E-state index contributed by atoms with van der Waals surface area (Å²) in [6, 6.07) is 0.463. The second kappa shape index (κ2) is 4.45. The Bertz CT molecular complexity index is 146. The van der Waals surface area contributed by atoms with Crippen molar-refractivity contribution in [3.8, 4) is 0 Å². The van der Waals surface area contributed by atoms with Crippen LogP contribution in [0, 0.1) is 11.3 Å². The van der Waals surface area contributed by atoms with E-state index in [0.717, 1.165) is 5.92 Å². The first-order chi connectivity index (χ1) is 6.00. The lowest BCUT2D eigenvalue weighted by Crippen LogP contribution is -2.31. The van der Waals surface area contributed by atoms with Crippen LogP contribution in [-0.2, 0) is 0 Å². The third kappa shape index (κ3) is 3.68. The van der Waals surface area contributed by atoms with Crippen molar-refractivity contribution in [1.82, 2.24) is 0 Å². The summed E-state index contributed by atoms with van der Waals surface area (Å²) in [5.74, 6) is 0.836. The molecule has 1 aliphatic rings. The van der Waals surface area contributed by atoms with Crippen LogP contribution in [0.2, 0.25) is 0 Å². The van der Waals surface area contributed by atoms with Gasteiger partial charge >= 0.3 is 0 Å². The molecule has 0 amide bonds. The minimum atomic E-state index is 0.453. The molecule has 1 rings (SSSR count). The van der Waals surface area contributed by atoms with Crippen LogP contribution in [0.25, 0.3) is 0 Å². The molecule has 2 N–H and O–H groups in total. The van der Waals surface area contributed by atoms with Crippen LogP contribution in [0.5, 0.6) is 0 Å². The Labute approximate surface area is 83.1 Å². The lowest BCUT2D eigenvalue weighted by atomic mass is 9.73. The molecule has 0 aliphatic heterocycles. The third-order valence-electron chi connectivity index (χ3n) is 3.44. The summed E-state index contributed by atoms with van der Waals surface area (Å²) < 4.78 is 0. The monoisotopic (exact) mass is 183 g/mol. The predicted molar refractivity (Wildman–Crippen MR) is 58.6 cm³/mol. The molecule has 0 radical (unpaired) electrons. The average molecular weight is 183 g/mol. The van der Waals surface area contributed by atoms with Crippen molar-refractivity contribution in [1.29, 1.82) is 0 Å². The highest BCUT2D eigenvalue weighted by Crippen LogP contribution is 2.35. The second-order valence-corrected chi connectivity index (χ2v) is 5.70. The fourth-order valence-corrected chi connectivity index (χ4v) is 2.36. The van der Waals surface area contributed by atoms with Crippen LogP contribution >= 0.6 is 0 Å². The van der Waals surface area contributed by atoms with Crippen LogP contribution in [-0.4, -0.2) is 6.04 Å². The van der Waals surface area contributed by atoms with Gasteiger partial charge in [0.15, 0.2) is 0 Å². The van der Waals surface area contributed by atoms with Crippen LogP contribution < -0.4 is 5.73 Å². The normalized spacial score (nSPS) is 32.3. The minimum Gasteiger partial charge on any atom is -0.328 e. The maximum absolute atomic E-state index is 6.09. The number of nitrogens with two attached hydrogens (primary N) is 1. The quantitative estimate of drug-likeness (QED) is 0.612. The van der Waals surface area contributed by atoms with Crippen LogP contribution in [0.4, 0.5) is 0 Å². The van der Waals surface area contributed by atoms with Gasteiger partial charge in [-0.3, -0.25) is 0 Å². The van der Waals surface area contributed by atoms with E-state index in [-0.39, 0.29) is 0 Å². The van der Waals surface area contributed by atoms with Gasteiger partial charge in [0.2, 0.25) is 0 Å². The van der Waals surface area contributed by atoms with Crippen molar-refractivity contribution in [3.63, 3.8) is 0 Å². The number of hydrogen-bond donors (Lipinski definition) is 1. The first-order valence-electron chi connectivity index (χ1n) is 5.76. The molecular formula is C12H25N. The first-order valence-corrected chi connectivity index (χ1v) is 5.76. The molecule has 2 atom stereocenters. The molecular weight excluding hydrogens is 158 g/mol. The summed E-state index contributed by atoms with van der Waals surface area (Å²) in [6.07, 6.45) is 8.01. The molecule has 2 unspecified atom stereocenters. The van der Waals surface area contributed by atoms with Crippen LogP contribution in [0.15, 0.2) is 0 Å². The Kier molecular flexibility index (Phi) is 3.78. The van der Waals surface area contributed by atoms with E-state index in [1.807, 2.05) is 0 Å². The van der Waals surface area contributed by atoms with Crippen molar-refractivity contribution < 1.29 is 0 Å². The molecule has 1 fully saturated rings. The molecule has 0 saturated heterocycles. The van der Waals surface area contributed by atoms with Gasteiger partial charge in [0.05, 0.1) is 0 Å². The minimum absolute atomic E-state index is 0.453. The summed E-state index contributed by atoms with van der Waals surface area (Å²) >= 11 is 0. The summed E-state index contributed by atoms with van der Waals surface area (Å²) in [5, 5.41) is 0. The van der Waals surface area contributed by atoms with E-state index in [1.54, 1.807) is 0 Å². The van der Waals surface area contributed by atoms with E-state index < -0.39 is 0 Å². The fourth-order valence-electron chi connectivity index (χ4n) is 2.36. The first kappa shape index (κ1) is 11.0. The Hall–Kier alpha value is -0.0400. The van der Waals surface area contributed by atoms with Gasteiger partial charge in [-0.05, 0) is 30.6 Å². The molecule has 0 aromatic rings. The maximum Gasteiger partial charge on any atom is 0.00416 e. The van der Waals surface area contributed by atoms with Gasteiger partial charge in [0, 0.05) is 6.04 Å². The van der Waals surface area contributed by atoms with Gasteiger partial charge in [-0.15, -0.1) is 0 Å². The van der Waals surface area contributed by atoms with Crippen molar-refractivity contribution in [2.24, 2.45) is 17.1 Å². The Balaban J connectivity index is 2.51. The zero-order valence-electron chi connectivity index (χ0n) is 9.47. The van der Waals surface area contributed by atoms with E-state index >= 15 is 0 Å².